The Hall–Kier alpha value is -0.370. The van der Waals surface area contributed by atoms with E-state index in [-0.39, 0.29) is 0 Å². The van der Waals surface area contributed by atoms with E-state index >= 15 is 0 Å². The van der Waals surface area contributed by atoms with Gasteiger partial charge in [-0.2, -0.15) is 0 Å². The molecule has 0 saturated carbocycles. The highest BCUT2D eigenvalue weighted by atomic mass is 16.1. The Labute approximate surface area is 55.6 Å². The minimum Gasteiger partial charge on any atom is -0.311 e. The fourth-order valence-electron chi connectivity index (χ4n) is 1.37. The van der Waals surface area contributed by atoms with Crippen LogP contribution in [-0.2, 0) is 4.79 Å². The summed E-state index contributed by atoms with van der Waals surface area (Å²) in [7, 11) is 0. The summed E-state index contributed by atoms with van der Waals surface area (Å²) in [5, 5.41) is 3.29. The molecule has 0 aromatic carbocycles. The number of Topliss-reactive ketones (excluding diaryl/α,β-unsaturated/α-hetero) is 1. The van der Waals surface area contributed by atoms with Gasteiger partial charge in [-0.3, -0.25) is 4.79 Å². The van der Waals surface area contributed by atoms with E-state index in [9.17, 15) is 4.79 Å². The van der Waals surface area contributed by atoms with Gasteiger partial charge in [0, 0.05) is 24.9 Å². The molecule has 9 heavy (non-hydrogen) atoms. The van der Waals surface area contributed by atoms with Crippen molar-refractivity contribution in [3.8, 4) is 0 Å². The van der Waals surface area contributed by atoms with Gasteiger partial charge in [0.1, 0.15) is 5.78 Å². The summed E-state index contributed by atoms with van der Waals surface area (Å²) in [6.07, 6.45) is 1.43. The fraction of sp³-hybridized carbons (Fsp3) is 0.857. The minimum atomic E-state index is 0.390. The largest absolute Gasteiger partial charge is 0.311 e. The summed E-state index contributed by atoms with van der Waals surface area (Å²) in [5.41, 5.74) is 0. The van der Waals surface area contributed by atoms with Crippen molar-refractivity contribution in [2.45, 2.75) is 38.8 Å². The van der Waals surface area contributed by atoms with Gasteiger partial charge < -0.3 is 5.32 Å². The normalized spacial score (nSPS) is 36.9. The third kappa shape index (κ3) is 1.79. The molecular weight excluding hydrogens is 114 g/mol. The highest BCUT2D eigenvalue weighted by Gasteiger charge is 2.19. The van der Waals surface area contributed by atoms with Crippen LogP contribution >= 0.6 is 0 Å². The Morgan fingerprint density at radius 2 is 1.78 bits per heavy atom. The maximum atomic E-state index is 10.8. The molecule has 1 aliphatic rings. The number of carbonyl (C=O) groups is 1. The molecule has 0 aromatic heterocycles. The van der Waals surface area contributed by atoms with E-state index in [2.05, 4.69) is 5.32 Å². The Morgan fingerprint density at radius 1 is 1.33 bits per heavy atom. The van der Waals surface area contributed by atoms with Crippen LogP contribution in [0.3, 0.4) is 0 Å². The lowest BCUT2D eigenvalue weighted by Crippen LogP contribution is -2.42. The molecule has 1 aliphatic heterocycles. The quantitative estimate of drug-likeness (QED) is 0.519. The summed E-state index contributed by atoms with van der Waals surface area (Å²) in [6, 6.07) is 0.780. The smallest absolute Gasteiger partial charge is 0.135 e. The Balaban J connectivity index is 2.43. The topological polar surface area (TPSA) is 29.1 Å². The summed E-state index contributed by atoms with van der Waals surface area (Å²) in [6.45, 7) is 4.10. The lowest BCUT2D eigenvalue weighted by atomic mass is 10.00. The molecule has 1 rings (SSSR count). The molecule has 1 N–H and O–H groups in total. The minimum absolute atomic E-state index is 0.390. The Morgan fingerprint density at radius 3 is 2.11 bits per heavy atom. The standard InChI is InChI=1S/C7H13NO/c1-5-3-7(9)4-6(2)8-5/h5-6,8H,3-4H2,1-2H3/t5-,6-/m0/s1. The van der Waals surface area contributed by atoms with Gasteiger partial charge in [0.25, 0.3) is 0 Å². The highest BCUT2D eigenvalue weighted by Crippen LogP contribution is 2.07. The van der Waals surface area contributed by atoms with Crippen molar-refractivity contribution in [3.63, 3.8) is 0 Å². The van der Waals surface area contributed by atoms with Crippen LogP contribution in [0.2, 0.25) is 0 Å². The fourth-order valence-corrected chi connectivity index (χ4v) is 1.37. The van der Waals surface area contributed by atoms with Crippen molar-refractivity contribution in [2.75, 3.05) is 0 Å². The predicted molar refractivity (Wildman–Crippen MR) is 36.3 cm³/mol. The number of hydrogen-bond acceptors (Lipinski definition) is 2. The summed E-state index contributed by atoms with van der Waals surface area (Å²) in [4.78, 5) is 10.8. The van der Waals surface area contributed by atoms with E-state index in [1.165, 1.54) is 0 Å². The van der Waals surface area contributed by atoms with Crippen LogP contribution in [0.4, 0.5) is 0 Å². The van der Waals surface area contributed by atoms with Crippen molar-refractivity contribution in [2.24, 2.45) is 0 Å². The van der Waals surface area contributed by atoms with Crippen molar-refractivity contribution in [1.82, 2.24) is 5.32 Å². The molecule has 1 heterocycles. The lowest BCUT2D eigenvalue weighted by Gasteiger charge is -2.24. The molecule has 0 unspecified atom stereocenters. The van der Waals surface area contributed by atoms with Gasteiger partial charge in [-0.15, -0.1) is 0 Å². The molecule has 1 saturated heterocycles. The molecule has 0 amide bonds. The first-order chi connectivity index (χ1) is 4.18. The molecular formula is C7H13NO. The number of ketones is 1. The van der Waals surface area contributed by atoms with Gasteiger partial charge in [-0.1, -0.05) is 0 Å². The van der Waals surface area contributed by atoms with Crippen LogP contribution in [-0.4, -0.2) is 17.9 Å². The zero-order valence-electron chi connectivity index (χ0n) is 5.98. The van der Waals surface area contributed by atoms with Gasteiger partial charge in [0.2, 0.25) is 0 Å². The van der Waals surface area contributed by atoms with E-state index in [1.807, 2.05) is 13.8 Å². The third-order valence-corrected chi connectivity index (χ3v) is 1.64. The number of hydrogen-bond donors (Lipinski definition) is 1. The predicted octanol–water partition coefficient (Wildman–Crippen LogP) is 0.716. The van der Waals surface area contributed by atoms with Gasteiger partial charge in [-0.05, 0) is 13.8 Å². The van der Waals surface area contributed by atoms with Crippen LogP contribution < -0.4 is 5.32 Å². The van der Waals surface area contributed by atoms with Crippen LogP contribution in [0.1, 0.15) is 26.7 Å². The first kappa shape index (κ1) is 6.75. The van der Waals surface area contributed by atoms with Crippen molar-refractivity contribution >= 4 is 5.78 Å². The van der Waals surface area contributed by atoms with Gasteiger partial charge >= 0.3 is 0 Å². The molecule has 2 heteroatoms. The Bertz CT molecular complexity index is 110. The maximum absolute atomic E-state index is 10.8. The summed E-state index contributed by atoms with van der Waals surface area (Å²) < 4.78 is 0. The van der Waals surface area contributed by atoms with Crippen molar-refractivity contribution in [3.05, 3.63) is 0 Å². The average molecular weight is 127 g/mol. The van der Waals surface area contributed by atoms with Crippen molar-refractivity contribution in [1.29, 1.82) is 0 Å². The SMILES string of the molecule is C[C@H]1CC(=O)C[C@H](C)N1. The first-order valence-electron chi connectivity index (χ1n) is 3.46. The Kier molecular flexibility index (Phi) is 1.86. The molecule has 0 aliphatic carbocycles. The molecule has 0 spiro atoms. The monoisotopic (exact) mass is 127 g/mol. The van der Waals surface area contributed by atoms with Crippen LogP contribution in [0.25, 0.3) is 0 Å². The van der Waals surface area contributed by atoms with Gasteiger partial charge in [0.05, 0.1) is 0 Å². The van der Waals surface area contributed by atoms with E-state index in [4.69, 9.17) is 0 Å². The maximum Gasteiger partial charge on any atom is 0.135 e. The molecule has 0 aromatic rings. The van der Waals surface area contributed by atoms with E-state index in [0.717, 1.165) is 0 Å². The second kappa shape index (κ2) is 2.48. The summed E-state index contributed by atoms with van der Waals surface area (Å²) in [5.74, 6) is 0.397. The van der Waals surface area contributed by atoms with E-state index in [1.54, 1.807) is 0 Å². The zero-order valence-corrected chi connectivity index (χ0v) is 5.98. The molecule has 1 fully saturated rings. The van der Waals surface area contributed by atoms with Crippen molar-refractivity contribution < 1.29 is 4.79 Å². The number of nitrogens with one attached hydrogen (secondary N) is 1. The van der Waals surface area contributed by atoms with Crippen LogP contribution in [0, 0.1) is 0 Å². The second-order valence-corrected chi connectivity index (χ2v) is 2.92. The number of piperidine rings is 1. The van der Waals surface area contributed by atoms with Gasteiger partial charge in [-0.25, -0.2) is 0 Å². The first-order valence-corrected chi connectivity index (χ1v) is 3.46. The molecule has 0 radical (unpaired) electrons. The van der Waals surface area contributed by atoms with E-state index in [0.29, 0.717) is 30.7 Å². The average Bonchev–Trinajstić information content (AvgIpc) is 1.59. The number of rotatable bonds is 0. The molecule has 2 nitrogen and oxygen atoms in total. The van der Waals surface area contributed by atoms with E-state index < -0.39 is 0 Å². The second-order valence-electron chi connectivity index (χ2n) is 2.92. The molecule has 2 atom stereocenters. The van der Waals surface area contributed by atoms with Crippen LogP contribution in [0.15, 0.2) is 0 Å². The zero-order chi connectivity index (χ0) is 6.85. The number of carbonyl (C=O) groups excluding carboxylic acids is 1. The van der Waals surface area contributed by atoms with Gasteiger partial charge in [0.15, 0.2) is 0 Å². The lowest BCUT2D eigenvalue weighted by molar-refractivity contribution is -0.121. The molecule has 0 bridgehead atoms. The van der Waals surface area contributed by atoms with Crippen LogP contribution in [0.5, 0.6) is 0 Å². The third-order valence-electron chi connectivity index (χ3n) is 1.64. The molecule has 52 valence electrons. The highest BCUT2D eigenvalue weighted by molar-refractivity contribution is 5.80. The summed E-state index contributed by atoms with van der Waals surface area (Å²) >= 11 is 0.